The number of likely N-dealkylation sites (tertiary alicyclic amines) is 1. The van der Waals surface area contributed by atoms with E-state index in [0.29, 0.717) is 19.0 Å². The van der Waals surface area contributed by atoms with Crippen molar-refractivity contribution in [1.29, 1.82) is 0 Å². The third kappa shape index (κ3) is 8.48. The number of unbranched alkanes of at least 4 members (excludes halogenated alkanes) is 6. The van der Waals surface area contributed by atoms with E-state index in [4.69, 9.17) is 5.73 Å². The molecule has 24 heavy (non-hydrogen) atoms. The Bertz CT molecular complexity index is 349. The van der Waals surface area contributed by atoms with Crippen LogP contribution in [0.15, 0.2) is 0 Å². The standard InChI is InChI=1S/C20H41N3O/c1-17(2)12-10-8-6-5-7-9-11-13-22-19(24)20(21)15-23(16-20)14-18(3)4/h17-18H,5-16,21H2,1-4H3,(H,22,24). The van der Waals surface area contributed by atoms with E-state index in [1.165, 1.54) is 44.9 Å². The van der Waals surface area contributed by atoms with Gasteiger partial charge in [0.25, 0.3) is 0 Å². The topological polar surface area (TPSA) is 58.4 Å². The molecule has 0 radical (unpaired) electrons. The van der Waals surface area contributed by atoms with Crippen LogP contribution in [-0.2, 0) is 4.79 Å². The number of carbonyl (C=O) groups is 1. The molecular formula is C20H41N3O. The van der Waals surface area contributed by atoms with Gasteiger partial charge in [0, 0.05) is 26.2 Å². The van der Waals surface area contributed by atoms with Crippen LogP contribution in [0.3, 0.4) is 0 Å². The Balaban J connectivity index is 1.93. The Morgan fingerprint density at radius 3 is 2.04 bits per heavy atom. The maximum atomic E-state index is 12.2. The Labute approximate surface area is 149 Å². The van der Waals surface area contributed by atoms with Gasteiger partial charge in [-0.05, 0) is 18.3 Å². The highest BCUT2D eigenvalue weighted by molar-refractivity contribution is 5.87. The third-order valence-electron chi connectivity index (χ3n) is 4.83. The van der Waals surface area contributed by atoms with E-state index in [9.17, 15) is 4.79 Å². The molecule has 1 rings (SSSR count). The highest BCUT2D eigenvalue weighted by Crippen LogP contribution is 2.19. The Kier molecular flexibility index (Phi) is 9.91. The van der Waals surface area contributed by atoms with E-state index in [1.54, 1.807) is 0 Å². The number of nitrogens with one attached hydrogen (secondary N) is 1. The zero-order chi connectivity index (χ0) is 18.0. The summed E-state index contributed by atoms with van der Waals surface area (Å²) in [6.45, 7) is 12.2. The number of rotatable bonds is 13. The van der Waals surface area contributed by atoms with Gasteiger partial charge < -0.3 is 11.1 Å². The summed E-state index contributed by atoms with van der Waals surface area (Å²) in [5, 5.41) is 3.03. The summed E-state index contributed by atoms with van der Waals surface area (Å²) >= 11 is 0. The smallest absolute Gasteiger partial charge is 0.242 e. The van der Waals surface area contributed by atoms with Gasteiger partial charge in [-0.15, -0.1) is 0 Å². The first kappa shape index (κ1) is 21.4. The van der Waals surface area contributed by atoms with Gasteiger partial charge in [0.2, 0.25) is 5.91 Å². The van der Waals surface area contributed by atoms with Crippen LogP contribution >= 0.6 is 0 Å². The number of amides is 1. The summed E-state index contributed by atoms with van der Waals surface area (Å²) in [6, 6.07) is 0. The maximum Gasteiger partial charge on any atom is 0.242 e. The van der Waals surface area contributed by atoms with E-state index < -0.39 is 5.54 Å². The van der Waals surface area contributed by atoms with Gasteiger partial charge in [-0.25, -0.2) is 0 Å². The molecule has 3 N–H and O–H groups in total. The molecule has 1 aliphatic heterocycles. The van der Waals surface area contributed by atoms with Crippen LogP contribution in [0.4, 0.5) is 0 Å². The fourth-order valence-corrected chi connectivity index (χ4v) is 3.48. The summed E-state index contributed by atoms with van der Waals surface area (Å²) in [5.41, 5.74) is 5.54. The number of hydrogen-bond acceptors (Lipinski definition) is 3. The van der Waals surface area contributed by atoms with Gasteiger partial charge in [0.15, 0.2) is 0 Å². The second kappa shape index (κ2) is 11.1. The fraction of sp³-hybridized carbons (Fsp3) is 0.950. The Hall–Kier alpha value is -0.610. The van der Waals surface area contributed by atoms with E-state index in [-0.39, 0.29) is 5.91 Å². The van der Waals surface area contributed by atoms with Crippen molar-refractivity contribution in [3.05, 3.63) is 0 Å². The summed E-state index contributed by atoms with van der Waals surface area (Å²) in [4.78, 5) is 14.4. The predicted octanol–water partition coefficient (Wildman–Crippen LogP) is 3.55. The molecule has 0 unspecified atom stereocenters. The molecule has 1 fully saturated rings. The summed E-state index contributed by atoms with van der Waals surface area (Å²) in [7, 11) is 0. The minimum Gasteiger partial charge on any atom is -0.354 e. The minimum atomic E-state index is -0.648. The van der Waals surface area contributed by atoms with Crippen LogP contribution in [0.5, 0.6) is 0 Å². The van der Waals surface area contributed by atoms with Crippen LogP contribution in [0.25, 0.3) is 0 Å². The summed E-state index contributed by atoms with van der Waals surface area (Å²) in [6.07, 6.45) is 10.4. The molecule has 1 aliphatic rings. The van der Waals surface area contributed by atoms with Crippen LogP contribution in [0, 0.1) is 11.8 Å². The molecule has 0 aromatic rings. The van der Waals surface area contributed by atoms with Gasteiger partial charge in [0.05, 0.1) is 0 Å². The summed E-state index contributed by atoms with van der Waals surface area (Å²) < 4.78 is 0. The first-order valence-electron chi connectivity index (χ1n) is 10.1. The van der Waals surface area contributed by atoms with Crippen LogP contribution < -0.4 is 11.1 Å². The molecule has 1 amide bonds. The van der Waals surface area contributed by atoms with Gasteiger partial charge >= 0.3 is 0 Å². The largest absolute Gasteiger partial charge is 0.354 e. The quantitative estimate of drug-likeness (QED) is 0.505. The Morgan fingerprint density at radius 2 is 1.50 bits per heavy atom. The zero-order valence-electron chi connectivity index (χ0n) is 16.6. The normalized spacial score (nSPS) is 17.3. The lowest BCUT2D eigenvalue weighted by atomic mass is 9.89. The van der Waals surface area contributed by atoms with Crippen molar-refractivity contribution in [2.45, 2.75) is 84.6 Å². The molecule has 1 heterocycles. The van der Waals surface area contributed by atoms with Gasteiger partial charge in [-0.3, -0.25) is 9.69 Å². The van der Waals surface area contributed by atoms with Crippen molar-refractivity contribution in [1.82, 2.24) is 10.2 Å². The van der Waals surface area contributed by atoms with E-state index in [0.717, 1.165) is 25.4 Å². The van der Waals surface area contributed by atoms with Gasteiger partial charge in [-0.1, -0.05) is 72.6 Å². The number of carbonyl (C=O) groups excluding carboxylic acids is 1. The van der Waals surface area contributed by atoms with E-state index in [2.05, 4.69) is 37.9 Å². The second-order valence-corrected chi connectivity index (χ2v) is 8.63. The molecule has 4 nitrogen and oxygen atoms in total. The minimum absolute atomic E-state index is 0.0381. The highest BCUT2D eigenvalue weighted by atomic mass is 16.2. The van der Waals surface area contributed by atoms with Crippen LogP contribution in [-0.4, -0.2) is 42.5 Å². The lowest BCUT2D eigenvalue weighted by Gasteiger charge is -2.46. The van der Waals surface area contributed by atoms with Crippen molar-refractivity contribution in [3.8, 4) is 0 Å². The molecular weight excluding hydrogens is 298 g/mol. The zero-order valence-corrected chi connectivity index (χ0v) is 16.6. The molecule has 1 saturated heterocycles. The monoisotopic (exact) mass is 339 g/mol. The van der Waals surface area contributed by atoms with Crippen molar-refractivity contribution < 1.29 is 4.79 Å². The second-order valence-electron chi connectivity index (χ2n) is 8.63. The molecule has 0 aromatic heterocycles. The third-order valence-corrected chi connectivity index (χ3v) is 4.83. The molecule has 142 valence electrons. The molecule has 0 spiro atoms. The number of hydrogen-bond donors (Lipinski definition) is 2. The lowest BCUT2D eigenvalue weighted by Crippen LogP contribution is -2.74. The van der Waals surface area contributed by atoms with E-state index in [1.807, 2.05) is 0 Å². The first-order valence-corrected chi connectivity index (χ1v) is 10.1. The van der Waals surface area contributed by atoms with Crippen LogP contribution in [0.2, 0.25) is 0 Å². The van der Waals surface area contributed by atoms with Crippen molar-refractivity contribution in [2.75, 3.05) is 26.2 Å². The number of nitrogens with zero attached hydrogens (tertiary/aromatic N) is 1. The highest BCUT2D eigenvalue weighted by Gasteiger charge is 2.45. The van der Waals surface area contributed by atoms with Crippen molar-refractivity contribution in [3.63, 3.8) is 0 Å². The molecule has 0 aliphatic carbocycles. The van der Waals surface area contributed by atoms with Gasteiger partial charge in [-0.2, -0.15) is 0 Å². The molecule has 0 atom stereocenters. The van der Waals surface area contributed by atoms with Gasteiger partial charge in [0.1, 0.15) is 5.54 Å². The Morgan fingerprint density at radius 1 is 0.958 bits per heavy atom. The van der Waals surface area contributed by atoms with Crippen LogP contribution in [0.1, 0.15) is 79.1 Å². The van der Waals surface area contributed by atoms with Crippen molar-refractivity contribution in [2.24, 2.45) is 17.6 Å². The van der Waals surface area contributed by atoms with E-state index >= 15 is 0 Å². The summed E-state index contributed by atoms with van der Waals surface area (Å²) in [5.74, 6) is 1.51. The maximum absolute atomic E-state index is 12.2. The molecule has 4 heteroatoms. The van der Waals surface area contributed by atoms with Crippen molar-refractivity contribution >= 4 is 5.91 Å². The average molecular weight is 340 g/mol. The molecule has 0 saturated carbocycles. The predicted molar refractivity (Wildman–Crippen MR) is 103 cm³/mol. The molecule has 0 bridgehead atoms. The fourth-order valence-electron chi connectivity index (χ4n) is 3.48. The molecule has 0 aromatic carbocycles. The first-order chi connectivity index (χ1) is 11.3. The number of nitrogens with two attached hydrogens (primary N) is 1. The average Bonchev–Trinajstić information content (AvgIpc) is 2.46. The SMILES string of the molecule is CC(C)CCCCCCCCCNC(=O)C1(N)CN(CC(C)C)C1. The lowest BCUT2D eigenvalue weighted by molar-refractivity contribution is -0.132.